The van der Waals surface area contributed by atoms with Crippen molar-refractivity contribution in [1.29, 1.82) is 0 Å². The SMILES string of the molecule is CCOC(=O)c1ccc(NC)c(N2CC(Cl)CC2=O)c1. The number of alkyl halides is 1. The number of ether oxygens (including phenoxy) is 1. The molecular weight excluding hydrogens is 280 g/mol. The van der Waals surface area contributed by atoms with E-state index in [9.17, 15) is 9.59 Å². The minimum absolute atomic E-state index is 0.0393. The first kappa shape index (κ1) is 14.7. The minimum Gasteiger partial charge on any atom is -0.462 e. The van der Waals surface area contributed by atoms with E-state index in [-0.39, 0.29) is 11.3 Å². The summed E-state index contributed by atoms with van der Waals surface area (Å²) in [6.07, 6.45) is 0.314. The molecule has 1 aromatic carbocycles. The standard InChI is InChI=1S/C14H17ClN2O3/c1-3-20-14(19)9-4-5-11(16-2)12(6-9)17-8-10(15)7-13(17)18/h4-6,10,16H,3,7-8H2,1-2H3. The molecule has 0 saturated carbocycles. The van der Waals surface area contributed by atoms with E-state index in [4.69, 9.17) is 16.3 Å². The molecule has 1 aromatic rings. The molecule has 1 aliphatic heterocycles. The number of halogens is 1. The molecule has 0 spiro atoms. The van der Waals surface area contributed by atoms with E-state index in [1.54, 1.807) is 37.1 Å². The summed E-state index contributed by atoms with van der Waals surface area (Å²) < 4.78 is 4.98. The molecular formula is C14H17ClN2O3. The Balaban J connectivity index is 2.37. The van der Waals surface area contributed by atoms with Crippen molar-refractivity contribution in [1.82, 2.24) is 0 Å². The van der Waals surface area contributed by atoms with Gasteiger partial charge in [-0.2, -0.15) is 0 Å². The van der Waals surface area contributed by atoms with Gasteiger partial charge in [0.25, 0.3) is 0 Å². The highest BCUT2D eigenvalue weighted by Crippen LogP contribution is 2.32. The fourth-order valence-electron chi connectivity index (χ4n) is 2.20. The summed E-state index contributed by atoms with van der Waals surface area (Å²) in [5.41, 5.74) is 1.86. The van der Waals surface area contributed by atoms with Gasteiger partial charge in [0.1, 0.15) is 0 Å². The van der Waals surface area contributed by atoms with E-state index in [0.29, 0.717) is 30.8 Å². The van der Waals surface area contributed by atoms with Gasteiger partial charge < -0.3 is 15.0 Å². The number of rotatable bonds is 4. The number of carbonyl (C=O) groups excluding carboxylic acids is 2. The summed E-state index contributed by atoms with van der Waals surface area (Å²) in [5, 5.41) is 2.82. The predicted molar refractivity (Wildman–Crippen MR) is 78.6 cm³/mol. The van der Waals surface area contributed by atoms with Crippen LogP contribution in [-0.4, -0.2) is 37.5 Å². The van der Waals surface area contributed by atoms with Crippen molar-refractivity contribution in [2.75, 3.05) is 30.4 Å². The van der Waals surface area contributed by atoms with E-state index >= 15 is 0 Å². The molecule has 2 rings (SSSR count). The van der Waals surface area contributed by atoms with Crippen LogP contribution in [0.1, 0.15) is 23.7 Å². The fraction of sp³-hybridized carbons (Fsp3) is 0.429. The molecule has 1 saturated heterocycles. The zero-order chi connectivity index (χ0) is 14.7. The molecule has 1 aliphatic rings. The largest absolute Gasteiger partial charge is 0.462 e. The molecule has 0 aromatic heterocycles. The van der Waals surface area contributed by atoms with Gasteiger partial charge in [-0.3, -0.25) is 4.79 Å². The van der Waals surface area contributed by atoms with Crippen molar-refractivity contribution >= 4 is 34.9 Å². The number of nitrogens with zero attached hydrogens (tertiary/aromatic N) is 1. The Bertz CT molecular complexity index is 533. The van der Waals surface area contributed by atoms with Crippen molar-refractivity contribution in [3.63, 3.8) is 0 Å². The molecule has 1 N–H and O–H groups in total. The molecule has 6 heteroatoms. The Hall–Kier alpha value is -1.75. The van der Waals surface area contributed by atoms with Crippen LogP contribution in [-0.2, 0) is 9.53 Å². The number of nitrogens with one attached hydrogen (secondary N) is 1. The molecule has 108 valence electrons. The monoisotopic (exact) mass is 296 g/mol. The quantitative estimate of drug-likeness (QED) is 0.684. The van der Waals surface area contributed by atoms with Crippen LogP contribution in [0.5, 0.6) is 0 Å². The first-order valence-electron chi connectivity index (χ1n) is 6.50. The van der Waals surface area contributed by atoms with Gasteiger partial charge in [0.2, 0.25) is 5.91 Å². The topological polar surface area (TPSA) is 58.6 Å². The van der Waals surface area contributed by atoms with Crippen molar-refractivity contribution < 1.29 is 14.3 Å². The molecule has 1 amide bonds. The third kappa shape index (κ3) is 2.88. The van der Waals surface area contributed by atoms with Gasteiger partial charge in [0.15, 0.2) is 0 Å². The number of anilines is 2. The molecule has 0 bridgehead atoms. The van der Waals surface area contributed by atoms with Crippen LogP contribution in [0.15, 0.2) is 18.2 Å². The van der Waals surface area contributed by atoms with Crippen molar-refractivity contribution in [2.45, 2.75) is 18.7 Å². The lowest BCUT2D eigenvalue weighted by atomic mass is 10.1. The second-order valence-electron chi connectivity index (χ2n) is 4.51. The van der Waals surface area contributed by atoms with Crippen LogP contribution in [0.3, 0.4) is 0 Å². The van der Waals surface area contributed by atoms with Gasteiger partial charge in [-0.05, 0) is 25.1 Å². The number of benzene rings is 1. The Morgan fingerprint density at radius 3 is 2.85 bits per heavy atom. The Morgan fingerprint density at radius 1 is 1.55 bits per heavy atom. The molecule has 5 nitrogen and oxygen atoms in total. The maximum Gasteiger partial charge on any atom is 0.338 e. The van der Waals surface area contributed by atoms with Gasteiger partial charge in [-0.25, -0.2) is 4.79 Å². The van der Waals surface area contributed by atoms with E-state index in [1.807, 2.05) is 0 Å². The summed E-state index contributed by atoms with van der Waals surface area (Å²) in [5.74, 6) is -0.437. The van der Waals surface area contributed by atoms with Crippen LogP contribution < -0.4 is 10.2 Å². The van der Waals surface area contributed by atoms with Crippen molar-refractivity contribution in [3.05, 3.63) is 23.8 Å². The van der Waals surface area contributed by atoms with E-state index in [0.717, 1.165) is 5.69 Å². The lowest BCUT2D eigenvalue weighted by Gasteiger charge is -2.20. The van der Waals surface area contributed by atoms with Crippen LogP contribution >= 0.6 is 11.6 Å². The minimum atomic E-state index is -0.398. The first-order chi connectivity index (χ1) is 9.56. The highest BCUT2D eigenvalue weighted by atomic mass is 35.5. The number of hydrogen-bond acceptors (Lipinski definition) is 4. The summed E-state index contributed by atoms with van der Waals surface area (Å²) in [4.78, 5) is 25.3. The summed E-state index contributed by atoms with van der Waals surface area (Å²) in [6, 6.07) is 5.10. The molecule has 20 heavy (non-hydrogen) atoms. The lowest BCUT2D eigenvalue weighted by Crippen LogP contribution is -2.26. The van der Waals surface area contributed by atoms with Gasteiger partial charge in [-0.15, -0.1) is 11.6 Å². The normalized spacial score (nSPS) is 18.2. The van der Waals surface area contributed by atoms with Gasteiger partial charge in [0, 0.05) is 20.0 Å². The highest BCUT2D eigenvalue weighted by Gasteiger charge is 2.31. The number of esters is 1. The zero-order valence-corrected chi connectivity index (χ0v) is 12.2. The van der Waals surface area contributed by atoms with Crippen LogP contribution in [0.2, 0.25) is 0 Å². The average Bonchev–Trinajstić information content (AvgIpc) is 2.77. The molecule has 1 heterocycles. The average molecular weight is 297 g/mol. The van der Waals surface area contributed by atoms with E-state index in [1.165, 1.54) is 0 Å². The summed E-state index contributed by atoms with van der Waals surface area (Å²) in [6.45, 7) is 2.51. The number of amides is 1. The van der Waals surface area contributed by atoms with Crippen LogP contribution in [0.25, 0.3) is 0 Å². The lowest BCUT2D eigenvalue weighted by molar-refractivity contribution is -0.117. The third-order valence-electron chi connectivity index (χ3n) is 3.15. The van der Waals surface area contributed by atoms with Crippen molar-refractivity contribution in [3.8, 4) is 0 Å². The first-order valence-corrected chi connectivity index (χ1v) is 6.93. The molecule has 1 atom stereocenters. The van der Waals surface area contributed by atoms with E-state index < -0.39 is 5.97 Å². The fourth-order valence-corrected chi connectivity index (χ4v) is 2.47. The van der Waals surface area contributed by atoms with Gasteiger partial charge >= 0.3 is 5.97 Å². The summed E-state index contributed by atoms with van der Waals surface area (Å²) in [7, 11) is 1.77. The summed E-state index contributed by atoms with van der Waals surface area (Å²) >= 11 is 6.02. The molecule has 1 fully saturated rings. The predicted octanol–water partition coefficient (Wildman–Crippen LogP) is 2.25. The Kier molecular flexibility index (Phi) is 4.49. The van der Waals surface area contributed by atoms with Crippen LogP contribution in [0.4, 0.5) is 11.4 Å². The maximum absolute atomic E-state index is 12.0. The third-order valence-corrected chi connectivity index (χ3v) is 3.44. The number of carbonyl (C=O) groups is 2. The van der Waals surface area contributed by atoms with Crippen LogP contribution in [0, 0.1) is 0 Å². The van der Waals surface area contributed by atoms with Gasteiger partial charge in [-0.1, -0.05) is 0 Å². The van der Waals surface area contributed by atoms with Crippen molar-refractivity contribution in [2.24, 2.45) is 0 Å². The number of hydrogen-bond donors (Lipinski definition) is 1. The smallest absolute Gasteiger partial charge is 0.338 e. The van der Waals surface area contributed by atoms with Gasteiger partial charge in [0.05, 0.1) is 28.9 Å². The Labute approximate surface area is 122 Å². The second-order valence-corrected chi connectivity index (χ2v) is 5.13. The highest BCUT2D eigenvalue weighted by molar-refractivity contribution is 6.24. The molecule has 0 aliphatic carbocycles. The molecule has 0 radical (unpaired) electrons. The molecule has 1 unspecified atom stereocenters. The second kappa shape index (κ2) is 6.13. The Morgan fingerprint density at radius 2 is 2.30 bits per heavy atom. The zero-order valence-electron chi connectivity index (χ0n) is 11.5. The van der Waals surface area contributed by atoms with E-state index in [2.05, 4.69) is 5.32 Å². The maximum atomic E-state index is 12.0.